The van der Waals surface area contributed by atoms with E-state index in [9.17, 15) is 5.26 Å². The quantitative estimate of drug-likeness (QED) is 0.191. The van der Waals surface area contributed by atoms with Gasteiger partial charge in [-0.3, -0.25) is 5.84 Å². The van der Waals surface area contributed by atoms with E-state index < -0.39 is 0 Å². The maximum atomic E-state index is 10.2. The third-order valence-electron chi connectivity index (χ3n) is 7.22. The topological polar surface area (TPSA) is 99.1 Å². The smallest absolute Gasteiger partial charge is 0.106 e. The molecule has 0 radical (unpaired) electrons. The van der Waals surface area contributed by atoms with E-state index in [1.165, 1.54) is 24.8 Å². The van der Waals surface area contributed by atoms with Crippen molar-refractivity contribution in [1.82, 2.24) is 15.1 Å². The van der Waals surface area contributed by atoms with E-state index in [0.29, 0.717) is 6.04 Å². The van der Waals surface area contributed by atoms with Crippen LogP contribution in [0.5, 0.6) is 0 Å². The molecule has 3 rings (SSSR count). The van der Waals surface area contributed by atoms with Crippen LogP contribution in [0.1, 0.15) is 90.2 Å². The number of nitriles is 1. The number of carbonyl (C=O) groups excluding carboxylic acids is 1. The van der Waals surface area contributed by atoms with E-state index in [4.69, 9.17) is 10.6 Å². The fraction of sp³-hybridized carbons (Fsp3) is 0.500. The van der Waals surface area contributed by atoms with Crippen LogP contribution in [0.25, 0.3) is 23.9 Å². The van der Waals surface area contributed by atoms with Crippen LogP contribution in [0.4, 0.5) is 5.69 Å². The lowest BCUT2D eigenvalue weighted by Crippen LogP contribution is -2.41. The predicted molar refractivity (Wildman–Crippen MR) is 166 cm³/mol. The highest BCUT2D eigenvalue weighted by Gasteiger charge is 2.26. The molecule has 0 aliphatic heterocycles. The zero-order chi connectivity index (χ0) is 29.2. The minimum absolute atomic E-state index is 0.423. The van der Waals surface area contributed by atoms with E-state index in [0.717, 1.165) is 78.1 Å². The normalized spacial score (nSPS) is 13.6. The van der Waals surface area contributed by atoms with Crippen LogP contribution in [0.15, 0.2) is 35.9 Å². The first kappa shape index (κ1) is 33.8. The molecule has 0 amide bonds. The van der Waals surface area contributed by atoms with Crippen molar-refractivity contribution in [2.75, 3.05) is 26.0 Å². The molecule has 39 heavy (non-hydrogen) atoms. The Bertz CT molecular complexity index is 1150. The van der Waals surface area contributed by atoms with Gasteiger partial charge in [0.2, 0.25) is 0 Å². The summed E-state index contributed by atoms with van der Waals surface area (Å²) in [4.78, 5) is 8.00. The maximum Gasteiger partial charge on any atom is 0.106 e. The van der Waals surface area contributed by atoms with Crippen LogP contribution in [-0.4, -0.2) is 37.1 Å². The number of rotatable bonds is 12. The first-order valence-corrected chi connectivity index (χ1v) is 14.2. The molecule has 1 aliphatic rings. The summed E-state index contributed by atoms with van der Waals surface area (Å²) in [6, 6.07) is 11.2. The van der Waals surface area contributed by atoms with Crippen LogP contribution in [0, 0.1) is 11.3 Å². The zero-order valence-electron chi connectivity index (χ0n) is 24.9. The van der Waals surface area contributed by atoms with Crippen molar-refractivity contribution in [1.29, 1.82) is 5.26 Å². The summed E-state index contributed by atoms with van der Waals surface area (Å²) in [5.41, 5.74) is 8.16. The van der Waals surface area contributed by atoms with Crippen LogP contribution in [0.3, 0.4) is 0 Å². The van der Waals surface area contributed by atoms with Gasteiger partial charge in [-0.2, -0.15) is 10.4 Å². The molecule has 1 aromatic carbocycles. The fourth-order valence-corrected chi connectivity index (χ4v) is 4.40. The lowest BCUT2D eigenvalue weighted by Gasteiger charge is -2.29. The summed E-state index contributed by atoms with van der Waals surface area (Å²) >= 11 is 0. The lowest BCUT2D eigenvalue weighted by atomic mass is 9.92. The number of hydrazine groups is 2. The molecule has 2 aromatic rings. The number of benzene rings is 1. The van der Waals surface area contributed by atoms with Gasteiger partial charge in [-0.05, 0) is 62.6 Å². The number of anilines is 1. The Morgan fingerprint density at radius 2 is 1.79 bits per heavy atom. The van der Waals surface area contributed by atoms with Crippen LogP contribution in [-0.2, 0) is 4.79 Å². The molecule has 214 valence electrons. The van der Waals surface area contributed by atoms with Gasteiger partial charge in [0, 0.05) is 42.9 Å². The van der Waals surface area contributed by atoms with Gasteiger partial charge in [0.15, 0.2) is 0 Å². The van der Waals surface area contributed by atoms with Crippen molar-refractivity contribution in [3.63, 3.8) is 0 Å². The number of unbranched alkanes of at least 4 members (excludes halogenated alkanes) is 2. The first-order valence-electron chi connectivity index (χ1n) is 14.2. The molecule has 1 aliphatic carbocycles. The number of nitrogens with two attached hydrogens (primary N) is 1. The van der Waals surface area contributed by atoms with Crippen LogP contribution < -0.4 is 27.2 Å². The van der Waals surface area contributed by atoms with Gasteiger partial charge >= 0.3 is 0 Å². The summed E-state index contributed by atoms with van der Waals surface area (Å²) < 4.78 is 2.31. The average molecular weight is 535 g/mol. The van der Waals surface area contributed by atoms with Gasteiger partial charge in [-0.15, -0.1) is 0 Å². The predicted octanol–water partition coefficient (Wildman–Crippen LogP) is 5.42. The van der Waals surface area contributed by atoms with Gasteiger partial charge in [-0.1, -0.05) is 70.0 Å². The van der Waals surface area contributed by atoms with Crippen LogP contribution in [0.2, 0.25) is 0 Å². The van der Waals surface area contributed by atoms with Crippen molar-refractivity contribution in [2.24, 2.45) is 5.84 Å². The minimum atomic E-state index is 0.423. The number of carbonyl (C=O) groups is 1. The molecule has 1 fully saturated rings. The second kappa shape index (κ2) is 19.0. The van der Waals surface area contributed by atoms with E-state index in [1.54, 1.807) is 5.12 Å². The molecule has 1 aromatic heterocycles. The highest BCUT2D eigenvalue weighted by Crippen LogP contribution is 2.35. The number of allylic oxidation sites excluding steroid dienone is 2. The third kappa shape index (κ3) is 9.81. The highest BCUT2D eigenvalue weighted by atomic mass is 16.1. The van der Waals surface area contributed by atoms with Gasteiger partial charge in [-0.25, -0.2) is 5.43 Å². The largest absolute Gasteiger partial charge is 0.388 e. The van der Waals surface area contributed by atoms with E-state index in [1.807, 2.05) is 20.9 Å². The van der Waals surface area contributed by atoms with Crippen molar-refractivity contribution >= 4 is 25.1 Å². The fourth-order valence-electron chi connectivity index (χ4n) is 4.40. The summed E-state index contributed by atoms with van der Waals surface area (Å²) in [5, 5.41) is 16.9. The molecule has 0 atom stereocenters. The molecule has 1 saturated carbocycles. The standard InChI is InChI=1S/C27H38N6.C4H10.CH2O/c1-5-21(9-6-7-18-32(29)31-4)12-17-25-20(2)33(24-10-8-11-24)27(26(25)19-28)22-13-15-23(30-3)16-14-22;1-3-4-2;1-2/h12-17,24,30-31H,2,5-11,18,29H2,1,3-4H3;3-4H2,1-2H3;1H2/b21-12+,25-17+;;. The Labute approximate surface area is 236 Å². The van der Waals surface area contributed by atoms with Crippen LogP contribution >= 0.6 is 0 Å². The molecule has 0 unspecified atom stereocenters. The molecule has 0 saturated heterocycles. The molecular weight excluding hydrogens is 484 g/mol. The van der Waals surface area contributed by atoms with Crippen molar-refractivity contribution in [2.45, 2.75) is 84.6 Å². The summed E-state index contributed by atoms with van der Waals surface area (Å²) in [7, 11) is 3.74. The lowest BCUT2D eigenvalue weighted by molar-refractivity contribution is -0.0980. The first-order chi connectivity index (χ1) is 18.9. The maximum absolute atomic E-state index is 10.2. The molecule has 1 heterocycles. The molecular formula is C32H50N6O. The highest BCUT2D eigenvalue weighted by molar-refractivity contribution is 5.71. The second-order valence-corrected chi connectivity index (χ2v) is 9.70. The van der Waals surface area contributed by atoms with E-state index in [2.05, 4.69) is 85.1 Å². The van der Waals surface area contributed by atoms with E-state index in [-0.39, 0.29) is 0 Å². The number of nitrogens with zero attached hydrogens (tertiary/aromatic N) is 3. The Morgan fingerprint density at radius 3 is 2.26 bits per heavy atom. The minimum Gasteiger partial charge on any atom is -0.388 e. The van der Waals surface area contributed by atoms with Gasteiger partial charge in [0.1, 0.15) is 12.9 Å². The zero-order valence-corrected chi connectivity index (χ0v) is 24.9. The number of aromatic nitrogens is 1. The van der Waals surface area contributed by atoms with Gasteiger partial charge < -0.3 is 14.7 Å². The SMILES string of the molecule is C=O.C=c1/c(=C\C=C(/CC)CCCCN(N)NC)c(C#N)c(-c2ccc(NC)cc2)n1C1CCC1.CCCC. The Balaban J connectivity index is 0.00000116. The molecule has 4 N–H and O–H groups in total. The Kier molecular flexibility index (Phi) is 16.5. The Hall–Kier alpha value is -3.18. The van der Waals surface area contributed by atoms with Crippen molar-refractivity contribution < 1.29 is 4.79 Å². The monoisotopic (exact) mass is 534 g/mol. The second-order valence-electron chi connectivity index (χ2n) is 9.70. The number of hydrogen-bond donors (Lipinski definition) is 3. The average Bonchev–Trinajstić information content (AvgIpc) is 3.23. The Morgan fingerprint density at radius 1 is 1.15 bits per heavy atom. The van der Waals surface area contributed by atoms with Gasteiger partial charge in [0.05, 0.1) is 11.3 Å². The molecule has 0 spiro atoms. The third-order valence-corrected chi connectivity index (χ3v) is 7.22. The number of hydrogen-bond acceptors (Lipinski definition) is 6. The van der Waals surface area contributed by atoms with Crippen molar-refractivity contribution in [3.8, 4) is 17.3 Å². The van der Waals surface area contributed by atoms with Gasteiger partial charge in [0.25, 0.3) is 0 Å². The van der Waals surface area contributed by atoms with E-state index >= 15 is 0 Å². The summed E-state index contributed by atoms with van der Waals surface area (Å²) in [6.07, 6.45) is 14.6. The summed E-state index contributed by atoms with van der Waals surface area (Å²) in [5.74, 6) is 5.78. The van der Waals surface area contributed by atoms with Crippen molar-refractivity contribution in [3.05, 3.63) is 52.0 Å². The number of nitrogens with one attached hydrogen (secondary N) is 2. The molecule has 7 heteroatoms. The molecule has 0 bridgehead atoms. The summed E-state index contributed by atoms with van der Waals surface area (Å²) in [6.45, 7) is 13.8. The molecule has 7 nitrogen and oxygen atoms in total.